The summed E-state index contributed by atoms with van der Waals surface area (Å²) in [5.41, 5.74) is 2.85. The summed E-state index contributed by atoms with van der Waals surface area (Å²) < 4.78 is 29.1. The van der Waals surface area contributed by atoms with Crippen molar-refractivity contribution in [2.45, 2.75) is 40.7 Å². The Kier molecular flexibility index (Phi) is 4.27. The maximum atomic E-state index is 12.3. The van der Waals surface area contributed by atoms with E-state index in [9.17, 15) is 8.78 Å². The van der Waals surface area contributed by atoms with Gasteiger partial charge in [0.25, 0.3) is 0 Å². The van der Waals surface area contributed by atoms with Gasteiger partial charge in [0.1, 0.15) is 5.75 Å². The van der Waals surface area contributed by atoms with Crippen LogP contribution in [0.25, 0.3) is 0 Å². The molecule has 0 saturated heterocycles. The minimum Gasteiger partial charge on any atom is -0.435 e. The van der Waals surface area contributed by atoms with Gasteiger partial charge in [-0.15, -0.1) is 0 Å². The van der Waals surface area contributed by atoms with Crippen molar-refractivity contribution in [3.8, 4) is 5.75 Å². The fourth-order valence-electron chi connectivity index (χ4n) is 1.83. The number of hydrogen-bond acceptors (Lipinski definition) is 1. The highest BCUT2D eigenvalue weighted by atomic mass is 19.3. The quantitative estimate of drug-likeness (QED) is 0.753. The van der Waals surface area contributed by atoms with Gasteiger partial charge in [0, 0.05) is 0 Å². The predicted octanol–water partition coefficient (Wildman–Crippen LogP) is 4.10. The average molecular weight is 228 g/mol. The van der Waals surface area contributed by atoms with E-state index in [1.807, 2.05) is 19.9 Å². The van der Waals surface area contributed by atoms with E-state index in [0.29, 0.717) is 11.7 Å². The second kappa shape index (κ2) is 5.28. The normalized spacial score (nSPS) is 11.2. The molecule has 0 atom stereocenters. The van der Waals surface area contributed by atoms with Crippen LogP contribution in [-0.2, 0) is 6.42 Å². The minimum atomic E-state index is -2.76. The molecule has 0 aliphatic carbocycles. The van der Waals surface area contributed by atoms with Gasteiger partial charge in [-0.25, -0.2) is 0 Å². The number of alkyl halides is 2. The van der Waals surface area contributed by atoms with Crippen LogP contribution in [0.15, 0.2) is 12.1 Å². The Morgan fingerprint density at radius 2 is 1.81 bits per heavy atom. The third-order valence-electron chi connectivity index (χ3n) is 2.40. The lowest BCUT2D eigenvalue weighted by Gasteiger charge is -2.16. The molecular weight excluding hydrogens is 210 g/mol. The molecular formula is C13H18F2O. The predicted molar refractivity (Wildman–Crippen MR) is 61.1 cm³/mol. The second-order valence-electron chi connectivity index (χ2n) is 4.53. The van der Waals surface area contributed by atoms with Gasteiger partial charge in [0.15, 0.2) is 0 Å². The number of benzene rings is 1. The molecule has 0 bridgehead atoms. The molecule has 1 aromatic rings. The Morgan fingerprint density at radius 1 is 1.19 bits per heavy atom. The van der Waals surface area contributed by atoms with Gasteiger partial charge in [-0.1, -0.05) is 19.9 Å². The highest BCUT2D eigenvalue weighted by Gasteiger charge is 2.13. The third kappa shape index (κ3) is 3.47. The minimum absolute atomic E-state index is 0.321. The van der Waals surface area contributed by atoms with Crippen molar-refractivity contribution >= 4 is 0 Å². The molecule has 0 radical (unpaired) electrons. The van der Waals surface area contributed by atoms with Crippen LogP contribution in [0.1, 0.15) is 30.5 Å². The van der Waals surface area contributed by atoms with Crippen LogP contribution in [0.2, 0.25) is 0 Å². The number of aryl methyl sites for hydroxylation is 2. The Morgan fingerprint density at radius 3 is 2.31 bits per heavy atom. The zero-order valence-corrected chi connectivity index (χ0v) is 10.2. The molecule has 0 saturated carbocycles. The summed E-state index contributed by atoms with van der Waals surface area (Å²) in [5.74, 6) is 0.739. The molecule has 0 amide bonds. The van der Waals surface area contributed by atoms with Crippen molar-refractivity contribution in [3.05, 3.63) is 28.8 Å². The second-order valence-corrected chi connectivity index (χ2v) is 4.53. The number of ether oxygens (including phenoxy) is 1. The van der Waals surface area contributed by atoms with Crippen molar-refractivity contribution in [1.82, 2.24) is 0 Å². The summed E-state index contributed by atoms with van der Waals surface area (Å²) in [6, 6.07) is 3.67. The summed E-state index contributed by atoms with van der Waals surface area (Å²) in [6.07, 6.45) is 0.758. The van der Waals surface area contributed by atoms with Crippen LogP contribution in [0.5, 0.6) is 5.75 Å². The van der Waals surface area contributed by atoms with Crippen LogP contribution in [0.4, 0.5) is 8.78 Å². The highest BCUT2D eigenvalue weighted by molar-refractivity contribution is 5.43. The first kappa shape index (κ1) is 12.9. The summed E-state index contributed by atoms with van der Waals surface area (Å²) in [7, 11) is 0. The fraction of sp³-hybridized carbons (Fsp3) is 0.538. The first-order valence-electron chi connectivity index (χ1n) is 5.45. The van der Waals surface area contributed by atoms with Crippen LogP contribution in [0, 0.1) is 19.8 Å². The van der Waals surface area contributed by atoms with E-state index in [1.165, 1.54) is 0 Å². The van der Waals surface area contributed by atoms with E-state index < -0.39 is 6.61 Å². The zero-order valence-electron chi connectivity index (χ0n) is 10.2. The van der Waals surface area contributed by atoms with Gasteiger partial charge in [-0.05, 0) is 48.9 Å². The highest BCUT2D eigenvalue weighted by Crippen LogP contribution is 2.28. The Labute approximate surface area is 95.4 Å². The van der Waals surface area contributed by atoms with Gasteiger partial charge < -0.3 is 4.74 Å². The lowest BCUT2D eigenvalue weighted by atomic mass is 9.96. The molecule has 0 aliphatic heterocycles. The molecule has 1 rings (SSSR count). The van der Waals surface area contributed by atoms with Crippen LogP contribution < -0.4 is 4.74 Å². The summed E-state index contributed by atoms with van der Waals surface area (Å²) in [6.45, 7) is 5.18. The molecule has 0 aromatic heterocycles. The molecule has 0 N–H and O–H groups in total. The molecule has 90 valence electrons. The maximum absolute atomic E-state index is 12.3. The molecule has 1 nitrogen and oxygen atoms in total. The van der Waals surface area contributed by atoms with Crippen molar-refractivity contribution in [2.24, 2.45) is 5.92 Å². The van der Waals surface area contributed by atoms with Crippen molar-refractivity contribution in [2.75, 3.05) is 0 Å². The molecule has 0 spiro atoms. The van der Waals surface area contributed by atoms with Gasteiger partial charge in [0.2, 0.25) is 0 Å². The van der Waals surface area contributed by atoms with Crippen LogP contribution in [0.3, 0.4) is 0 Å². The van der Waals surface area contributed by atoms with E-state index in [4.69, 9.17) is 0 Å². The van der Waals surface area contributed by atoms with Gasteiger partial charge in [-0.2, -0.15) is 8.78 Å². The Hall–Kier alpha value is -1.12. The summed E-state index contributed by atoms with van der Waals surface area (Å²) in [5, 5.41) is 0. The lowest BCUT2D eigenvalue weighted by Crippen LogP contribution is -2.07. The number of hydrogen-bond donors (Lipinski definition) is 0. The lowest BCUT2D eigenvalue weighted by molar-refractivity contribution is -0.0505. The zero-order chi connectivity index (χ0) is 12.3. The van der Waals surface area contributed by atoms with E-state index in [0.717, 1.165) is 23.1 Å². The van der Waals surface area contributed by atoms with Crippen LogP contribution in [-0.4, -0.2) is 6.61 Å². The van der Waals surface area contributed by atoms with E-state index in [2.05, 4.69) is 18.6 Å². The molecule has 0 aliphatic rings. The van der Waals surface area contributed by atoms with Crippen molar-refractivity contribution in [3.63, 3.8) is 0 Å². The van der Waals surface area contributed by atoms with E-state index in [1.54, 1.807) is 6.07 Å². The molecule has 3 heteroatoms. The largest absolute Gasteiger partial charge is 0.435 e. The molecule has 1 aromatic carbocycles. The average Bonchev–Trinajstić information content (AvgIpc) is 2.09. The smallest absolute Gasteiger partial charge is 0.387 e. The van der Waals surface area contributed by atoms with Gasteiger partial charge in [0.05, 0.1) is 0 Å². The van der Waals surface area contributed by atoms with Gasteiger partial charge >= 0.3 is 6.61 Å². The monoisotopic (exact) mass is 228 g/mol. The molecule has 0 heterocycles. The molecule has 16 heavy (non-hydrogen) atoms. The number of rotatable bonds is 4. The van der Waals surface area contributed by atoms with Crippen molar-refractivity contribution in [1.29, 1.82) is 0 Å². The Bertz CT molecular complexity index is 359. The first-order chi connectivity index (χ1) is 7.40. The molecule has 0 fully saturated rings. The molecule has 0 unspecified atom stereocenters. The maximum Gasteiger partial charge on any atom is 0.387 e. The first-order valence-corrected chi connectivity index (χ1v) is 5.45. The SMILES string of the molecule is Cc1cc(C)c(CC(C)C)c(OC(F)F)c1. The van der Waals surface area contributed by atoms with E-state index in [-0.39, 0.29) is 0 Å². The third-order valence-corrected chi connectivity index (χ3v) is 2.40. The van der Waals surface area contributed by atoms with Crippen molar-refractivity contribution < 1.29 is 13.5 Å². The van der Waals surface area contributed by atoms with Gasteiger partial charge in [-0.3, -0.25) is 0 Å². The van der Waals surface area contributed by atoms with E-state index >= 15 is 0 Å². The van der Waals surface area contributed by atoms with Crippen LogP contribution >= 0.6 is 0 Å². The summed E-state index contributed by atoms with van der Waals surface area (Å²) >= 11 is 0. The fourth-order valence-corrected chi connectivity index (χ4v) is 1.83. The summed E-state index contributed by atoms with van der Waals surface area (Å²) in [4.78, 5) is 0. The number of halogens is 2. The standard InChI is InChI=1S/C13H18F2O/c1-8(2)5-11-10(4)6-9(3)7-12(11)16-13(14)15/h6-8,13H,5H2,1-4H3. The Balaban J connectivity index is 3.10. The topological polar surface area (TPSA) is 9.23 Å².